The molecular weight excluding hydrogens is 398 g/mol. The Morgan fingerprint density at radius 2 is 1.74 bits per heavy atom. The minimum absolute atomic E-state index is 0.159. The van der Waals surface area contributed by atoms with E-state index < -0.39 is 30.4 Å². The molecular formula is C22H19N5O4. The number of hydrogen-bond donors (Lipinski definition) is 2. The van der Waals surface area contributed by atoms with Gasteiger partial charge in [0.25, 0.3) is 11.8 Å². The molecule has 3 aromatic rings. The van der Waals surface area contributed by atoms with Gasteiger partial charge in [0.2, 0.25) is 0 Å². The molecule has 0 saturated carbocycles. The molecule has 0 radical (unpaired) electrons. The average Bonchev–Trinajstić information content (AvgIpc) is 3.20. The number of esters is 1. The first-order valence-electron chi connectivity index (χ1n) is 9.35. The Hall–Kier alpha value is -4.45. The van der Waals surface area contributed by atoms with Gasteiger partial charge in [-0.3, -0.25) is 9.59 Å². The maximum atomic E-state index is 12.3. The molecule has 0 fully saturated rings. The lowest BCUT2D eigenvalue weighted by Crippen LogP contribution is -2.40. The summed E-state index contributed by atoms with van der Waals surface area (Å²) >= 11 is 0. The van der Waals surface area contributed by atoms with Crippen LogP contribution in [-0.4, -0.2) is 40.2 Å². The van der Waals surface area contributed by atoms with Crippen LogP contribution in [0.25, 0.3) is 5.69 Å². The van der Waals surface area contributed by atoms with Crippen LogP contribution in [0.5, 0.6) is 0 Å². The van der Waals surface area contributed by atoms with E-state index in [4.69, 9.17) is 4.74 Å². The maximum Gasteiger partial charge on any atom is 0.328 e. The Kier molecular flexibility index (Phi) is 6.75. The number of nitrogens with zero attached hydrogens (tertiary/aromatic N) is 3. The van der Waals surface area contributed by atoms with Gasteiger partial charge in [0.15, 0.2) is 12.4 Å². The normalized spacial score (nSPS) is 11.1. The molecule has 0 unspecified atom stereocenters. The number of nitriles is 1. The number of rotatable bonds is 7. The zero-order valence-electron chi connectivity index (χ0n) is 16.6. The Morgan fingerprint density at radius 3 is 2.39 bits per heavy atom. The van der Waals surface area contributed by atoms with E-state index in [0.717, 1.165) is 0 Å². The van der Waals surface area contributed by atoms with E-state index in [9.17, 15) is 19.6 Å². The van der Waals surface area contributed by atoms with E-state index in [2.05, 4.69) is 15.7 Å². The van der Waals surface area contributed by atoms with E-state index in [0.29, 0.717) is 11.3 Å². The van der Waals surface area contributed by atoms with Gasteiger partial charge in [0, 0.05) is 5.56 Å². The molecule has 0 spiro atoms. The van der Waals surface area contributed by atoms with Crippen molar-refractivity contribution in [1.29, 1.82) is 5.26 Å². The summed E-state index contributed by atoms with van der Waals surface area (Å²) in [6.45, 7) is 0.870. The van der Waals surface area contributed by atoms with Crippen LogP contribution < -0.4 is 10.6 Å². The second-order valence-corrected chi connectivity index (χ2v) is 6.48. The van der Waals surface area contributed by atoms with Crippen LogP contribution in [0.1, 0.15) is 22.8 Å². The van der Waals surface area contributed by atoms with Gasteiger partial charge in [-0.15, -0.1) is 0 Å². The summed E-state index contributed by atoms with van der Waals surface area (Å²) in [6, 6.07) is 18.4. The Labute approximate surface area is 178 Å². The van der Waals surface area contributed by atoms with Crippen molar-refractivity contribution in [2.45, 2.75) is 13.0 Å². The molecule has 0 aliphatic heterocycles. The third-order valence-corrected chi connectivity index (χ3v) is 4.23. The molecule has 2 aromatic carbocycles. The molecule has 1 aromatic heterocycles. The molecule has 0 saturated heterocycles. The molecule has 2 N–H and O–H groups in total. The number of carbonyl (C=O) groups is 3. The summed E-state index contributed by atoms with van der Waals surface area (Å²) in [4.78, 5) is 36.6. The topological polar surface area (TPSA) is 126 Å². The van der Waals surface area contributed by atoms with E-state index in [1.165, 1.54) is 17.8 Å². The third kappa shape index (κ3) is 5.33. The quantitative estimate of drug-likeness (QED) is 0.567. The van der Waals surface area contributed by atoms with Crippen LogP contribution in [0, 0.1) is 11.3 Å². The molecule has 156 valence electrons. The van der Waals surface area contributed by atoms with Crippen LogP contribution in [0.2, 0.25) is 0 Å². The molecule has 1 heterocycles. The fourth-order valence-electron chi connectivity index (χ4n) is 2.67. The van der Waals surface area contributed by atoms with Gasteiger partial charge in [0.05, 0.1) is 11.9 Å². The van der Waals surface area contributed by atoms with Crippen LogP contribution >= 0.6 is 0 Å². The van der Waals surface area contributed by atoms with Crippen LogP contribution in [0.3, 0.4) is 0 Å². The zero-order chi connectivity index (χ0) is 22.2. The van der Waals surface area contributed by atoms with E-state index in [-0.39, 0.29) is 11.4 Å². The number of aromatic nitrogens is 2. The van der Waals surface area contributed by atoms with Gasteiger partial charge in [0.1, 0.15) is 17.7 Å². The maximum absolute atomic E-state index is 12.3. The summed E-state index contributed by atoms with van der Waals surface area (Å²) in [7, 11) is 0. The van der Waals surface area contributed by atoms with Crippen molar-refractivity contribution in [2.75, 3.05) is 11.9 Å². The average molecular weight is 417 g/mol. The first kappa shape index (κ1) is 21.3. The van der Waals surface area contributed by atoms with Crippen molar-refractivity contribution in [1.82, 2.24) is 15.1 Å². The summed E-state index contributed by atoms with van der Waals surface area (Å²) in [5.41, 5.74) is 1.21. The summed E-state index contributed by atoms with van der Waals surface area (Å²) < 4.78 is 6.40. The number of hydrogen-bond acceptors (Lipinski definition) is 6. The lowest BCUT2D eigenvalue weighted by Gasteiger charge is -2.14. The first-order chi connectivity index (χ1) is 15.0. The molecule has 3 rings (SSSR count). The molecule has 9 heteroatoms. The second-order valence-electron chi connectivity index (χ2n) is 6.48. The number of amides is 2. The third-order valence-electron chi connectivity index (χ3n) is 4.23. The Bertz CT molecular complexity index is 1120. The van der Waals surface area contributed by atoms with Crippen LogP contribution in [-0.2, 0) is 14.3 Å². The fraction of sp³-hybridized carbons (Fsp3) is 0.136. The Morgan fingerprint density at radius 1 is 1.10 bits per heavy atom. The number of anilines is 1. The highest BCUT2D eigenvalue weighted by Crippen LogP contribution is 2.19. The van der Waals surface area contributed by atoms with Gasteiger partial charge < -0.3 is 15.4 Å². The molecule has 0 aliphatic rings. The van der Waals surface area contributed by atoms with Crippen molar-refractivity contribution in [3.8, 4) is 11.8 Å². The van der Waals surface area contributed by atoms with E-state index >= 15 is 0 Å². The minimum Gasteiger partial charge on any atom is -0.454 e. The van der Waals surface area contributed by atoms with Gasteiger partial charge in [-0.05, 0) is 31.2 Å². The van der Waals surface area contributed by atoms with Crippen LogP contribution in [0.4, 0.5) is 5.82 Å². The van der Waals surface area contributed by atoms with Gasteiger partial charge in [-0.2, -0.15) is 10.4 Å². The van der Waals surface area contributed by atoms with E-state index in [1.807, 2.05) is 12.1 Å². The van der Waals surface area contributed by atoms with E-state index in [1.54, 1.807) is 54.6 Å². The van der Waals surface area contributed by atoms with Crippen molar-refractivity contribution >= 4 is 23.6 Å². The summed E-state index contributed by atoms with van der Waals surface area (Å²) in [5.74, 6) is -1.68. The highest BCUT2D eigenvalue weighted by molar-refractivity contribution is 5.97. The first-order valence-corrected chi connectivity index (χ1v) is 9.35. The van der Waals surface area contributed by atoms with Crippen molar-refractivity contribution in [2.24, 2.45) is 0 Å². The number of carbonyl (C=O) groups excluding carboxylic acids is 3. The number of ether oxygens (including phenoxy) is 1. The van der Waals surface area contributed by atoms with Crippen molar-refractivity contribution in [3.63, 3.8) is 0 Å². The lowest BCUT2D eigenvalue weighted by molar-refractivity contribution is -0.148. The zero-order valence-corrected chi connectivity index (χ0v) is 16.6. The lowest BCUT2D eigenvalue weighted by atomic mass is 10.2. The highest BCUT2D eigenvalue weighted by atomic mass is 16.5. The molecule has 0 bridgehead atoms. The minimum atomic E-state index is -0.954. The van der Waals surface area contributed by atoms with Gasteiger partial charge >= 0.3 is 5.97 Å². The largest absolute Gasteiger partial charge is 0.454 e. The Balaban J connectivity index is 1.58. The number of benzene rings is 2. The highest BCUT2D eigenvalue weighted by Gasteiger charge is 2.20. The SMILES string of the molecule is C[C@H](NC(=O)c1ccccc1)C(=O)OCC(=O)Nc1c(C#N)cnn1-c1ccccc1. The van der Waals surface area contributed by atoms with Crippen LogP contribution in [0.15, 0.2) is 66.9 Å². The summed E-state index contributed by atoms with van der Waals surface area (Å²) in [5, 5.41) is 18.5. The summed E-state index contributed by atoms with van der Waals surface area (Å²) in [6.07, 6.45) is 1.33. The molecule has 31 heavy (non-hydrogen) atoms. The second kappa shape index (κ2) is 9.84. The standard InChI is InChI=1S/C22H19N5O4/c1-15(25-21(29)16-8-4-2-5-9-16)22(30)31-14-19(28)26-20-17(12-23)13-24-27(20)18-10-6-3-7-11-18/h2-11,13,15H,14H2,1H3,(H,25,29)(H,26,28)/t15-/m0/s1. The predicted octanol–water partition coefficient (Wildman–Crippen LogP) is 2.04. The molecule has 9 nitrogen and oxygen atoms in total. The predicted molar refractivity (Wildman–Crippen MR) is 111 cm³/mol. The molecule has 2 amide bonds. The smallest absolute Gasteiger partial charge is 0.328 e. The van der Waals surface area contributed by atoms with Crippen molar-refractivity contribution < 1.29 is 19.1 Å². The number of nitrogens with one attached hydrogen (secondary N) is 2. The molecule has 1 atom stereocenters. The van der Waals surface area contributed by atoms with Crippen molar-refractivity contribution in [3.05, 3.63) is 78.0 Å². The fourth-order valence-corrected chi connectivity index (χ4v) is 2.67. The monoisotopic (exact) mass is 417 g/mol. The van der Waals surface area contributed by atoms with Gasteiger partial charge in [-0.25, -0.2) is 9.48 Å². The van der Waals surface area contributed by atoms with Gasteiger partial charge in [-0.1, -0.05) is 36.4 Å². The number of para-hydroxylation sites is 1. The molecule has 0 aliphatic carbocycles.